The maximum atomic E-state index is 12.5. The number of imidazole rings is 1. The number of hydrogen-bond donors (Lipinski definition) is 0. The van der Waals surface area contributed by atoms with Gasteiger partial charge in [0.1, 0.15) is 0 Å². The smallest absolute Gasteiger partial charge is 0.227 e. The monoisotopic (exact) mass is 347 g/mol. The number of benzene rings is 1. The highest BCUT2D eigenvalue weighted by molar-refractivity contribution is 9.10. The average molecular weight is 348 g/mol. The highest BCUT2D eigenvalue weighted by atomic mass is 79.9. The van der Waals surface area contributed by atoms with Crippen LogP contribution in [0.15, 0.2) is 29.0 Å². The van der Waals surface area contributed by atoms with Gasteiger partial charge in [0, 0.05) is 20.0 Å². The fourth-order valence-corrected chi connectivity index (χ4v) is 3.20. The number of carbonyl (C=O) groups excluding carboxylic acids is 1. The summed E-state index contributed by atoms with van der Waals surface area (Å²) in [5.74, 6) is 0.184. The molecule has 2 aromatic rings. The van der Waals surface area contributed by atoms with Gasteiger partial charge in [-0.1, -0.05) is 29.8 Å². The zero-order valence-corrected chi connectivity index (χ0v) is 13.9. The Bertz CT molecular complexity index is 693. The molecule has 0 saturated carbocycles. The lowest BCUT2D eigenvalue weighted by molar-refractivity contribution is -0.131. The molecule has 1 aliphatic rings. The van der Waals surface area contributed by atoms with Gasteiger partial charge in [-0.25, -0.2) is 4.98 Å². The van der Waals surface area contributed by atoms with Gasteiger partial charge in [-0.3, -0.25) is 4.79 Å². The van der Waals surface area contributed by atoms with E-state index in [0.29, 0.717) is 13.0 Å². The number of aryl methyl sites for hydroxylation is 1. The van der Waals surface area contributed by atoms with Gasteiger partial charge in [0.2, 0.25) is 5.91 Å². The van der Waals surface area contributed by atoms with E-state index >= 15 is 0 Å². The Morgan fingerprint density at radius 2 is 2.24 bits per heavy atom. The number of carbonyl (C=O) groups is 1. The molecule has 21 heavy (non-hydrogen) atoms. The third-order valence-electron chi connectivity index (χ3n) is 3.99. The molecule has 3 rings (SSSR count). The minimum Gasteiger partial charge on any atom is -0.336 e. The van der Waals surface area contributed by atoms with E-state index in [9.17, 15) is 4.79 Å². The maximum absolute atomic E-state index is 12.5. The zero-order chi connectivity index (χ0) is 15.0. The lowest BCUT2D eigenvalue weighted by Gasteiger charge is -2.27. The quantitative estimate of drug-likeness (QED) is 0.837. The van der Waals surface area contributed by atoms with E-state index in [1.54, 1.807) is 0 Å². The number of aromatic nitrogens is 2. The molecular weight excluding hydrogens is 330 g/mol. The summed E-state index contributed by atoms with van der Waals surface area (Å²) in [7, 11) is 1.98. The van der Waals surface area contributed by atoms with Crippen LogP contribution in [0, 0.1) is 6.92 Å². The Morgan fingerprint density at radius 3 is 3.00 bits per heavy atom. The molecule has 0 spiro atoms. The summed E-state index contributed by atoms with van der Waals surface area (Å²) in [6, 6.07) is 8.15. The fourth-order valence-electron chi connectivity index (χ4n) is 2.78. The van der Waals surface area contributed by atoms with Gasteiger partial charge in [0.25, 0.3) is 0 Å². The molecule has 1 aromatic carbocycles. The molecule has 0 unspecified atom stereocenters. The van der Waals surface area contributed by atoms with E-state index in [4.69, 9.17) is 0 Å². The minimum absolute atomic E-state index is 0.184. The Hall–Kier alpha value is -1.62. The van der Waals surface area contributed by atoms with Crippen molar-refractivity contribution in [2.45, 2.75) is 26.3 Å². The Kier molecular flexibility index (Phi) is 3.85. The Morgan fingerprint density at radius 1 is 1.43 bits per heavy atom. The molecule has 0 saturated heterocycles. The van der Waals surface area contributed by atoms with Crippen LogP contribution < -0.4 is 0 Å². The van der Waals surface area contributed by atoms with Crippen LogP contribution in [-0.4, -0.2) is 26.9 Å². The third kappa shape index (κ3) is 2.88. The molecule has 5 heteroatoms. The number of amides is 1. The predicted octanol–water partition coefficient (Wildman–Crippen LogP) is 2.62. The molecule has 1 amide bonds. The first-order valence-electron chi connectivity index (χ1n) is 7.08. The van der Waals surface area contributed by atoms with E-state index < -0.39 is 0 Å². The topological polar surface area (TPSA) is 38.1 Å². The summed E-state index contributed by atoms with van der Waals surface area (Å²) in [4.78, 5) is 18.9. The van der Waals surface area contributed by atoms with Gasteiger partial charge in [0.05, 0.1) is 24.4 Å². The molecule has 1 aliphatic heterocycles. The first kappa shape index (κ1) is 14.3. The molecule has 1 aromatic heterocycles. The summed E-state index contributed by atoms with van der Waals surface area (Å²) in [5.41, 5.74) is 4.50. The summed E-state index contributed by atoms with van der Waals surface area (Å²) in [6.45, 7) is 3.45. The van der Waals surface area contributed by atoms with Crippen molar-refractivity contribution < 1.29 is 4.79 Å². The highest BCUT2D eigenvalue weighted by Crippen LogP contribution is 2.22. The summed E-state index contributed by atoms with van der Waals surface area (Å²) in [6.07, 6.45) is 1.30. The summed E-state index contributed by atoms with van der Waals surface area (Å²) >= 11 is 3.44. The van der Waals surface area contributed by atoms with Gasteiger partial charge >= 0.3 is 0 Å². The van der Waals surface area contributed by atoms with Crippen molar-refractivity contribution in [2.75, 3.05) is 6.54 Å². The Balaban J connectivity index is 1.73. The van der Waals surface area contributed by atoms with E-state index in [0.717, 1.165) is 34.7 Å². The number of nitrogens with zero attached hydrogens (tertiary/aromatic N) is 3. The number of rotatable bonds is 2. The van der Waals surface area contributed by atoms with Crippen LogP contribution in [0.25, 0.3) is 0 Å². The second-order valence-corrected chi connectivity index (χ2v) is 6.27. The number of hydrogen-bond acceptors (Lipinski definition) is 2. The zero-order valence-electron chi connectivity index (χ0n) is 12.3. The van der Waals surface area contributed by atoms with Crippen molar-refractivity contribution in [1.29, 1.82) is 0 Å². The molecule has 0 fully saturated rings. The summed E-state index contributed by atoms with van der Waals surface area (Å²) < 4.78 is 2.85. The molecule has 0 bridgehead atoms. The van der Waals surface area contributed by atoms with Crippen LogP contribution in [0.4, 0.5) is 0 Å². The molecular formula is C16H18BrN3O. The number of halogens is 1. The van der Waals surface area contributed by atoms with Crippen molar-refractivity contribution in [3.05, 3.63) is 51.5 Å². The first-order valence-corrected chi connectivity index (χ1v) is 7.87. The number of fused-ring (bicyclic) bond motifs is 1. The lowest BCUT2D eigenvalue weighted by Crippen LogP contribution is -2.37. The van der Waals surface area contributed by atoms with Crippen molar-refractivity contribution in [1.82, 2.24) is 14.5 Å². The van der Waals surface area contributed by atoms with Crippen LogP contribution in [-0.2, 0) is 31.2 Å². The fraction of sp³-hybridized carbons (Fsp3) is 0.375. The molecule has 0 radical (unpaired) electrons. The largest absolute Gasteiger partial charge is 0.336 e. The first-order chi connectivity index (χ1) is 10.0. The van der Waals surface area contributed by atoms with E-state index in [-0.39, 0.29) is 5.91 Å². The lowest BCUT2D eigenvalue weighted by atomic mass is 10.1. The highest BCUT2D eigenvalue weighted by Gasteiger charge is 2.25. The van der Waals surface area contributed by atoms with Crippen LogP contribution >= 0.6 is 15.9 Å². The second-order valence-electron chi connectivity index (χ2n) is 5.56. The van der Waals surface area contributed by atoms with Gasteiger partial charge in [-0.05, 0) is 28.4 Å². The molecule has 2 heterocycles. The molecule has 0 N–H and O–H groups in total. The van der Waals surface area contributed by atoms with E-state index in [1.165, 1.54) is 5.56 Å². The van der Waals surface area contributed by atoms with Crippen LogP contribution in [0.5, 0.6) is 0 Å². The predicted molar refractivity (Wildman–Crippen MR) is 84.9 cm³/mol. The van der Waals surface area contributed by atoms with Crippen molar-refractivity contribution in [3.63, 3.8) is 0 Å². The maximum Gasteiger partial charge on any atom is 0.227 e. The SMILES string of the molecule is Cc1cccc(CC(=O)N2CCc3nc(Br)n(C)c3C2)c1. The Labute approximate surface area is 132 Å². The molecule has 4 nitrogen and oxygen atoms in total. The molecule has 0 aliphatic carbocycles. The van der Waals surface area contributed by atoms with Crippen LogP contribution in [0.1, 0.15) is 22.5 Å². The average Bonchev–Trinajstić information content (AvgIpc) is 2.74. The second kappa shape index (κ2) is 5.64. The van der Waals surface area contributed by atoms with Gasteiger partial charge < -0.3 is 9.47 Å². The molecule has 0 atom stereocenters. The van der Waals surface area contributed by atoms with Crippen LogP contribution in [0.2, 0.25) is 0 Å². The minimum atomic E-state index is 0.184. The van der Waals surface area contributed by atoms with Gasteiger partial charge in [-0.15, -0.1) is 0 Å². The standard InChI is InChI=1S/C16H18BrN3O/c1-11-4-3-5-12(8-11)9-15(21)20-7-6-13-14(10-20)19(2)16(17)18-13/h3-5,8H,6-7,9-10H2,1-2H3. The van der Waals surface area contributed by atoms with Gasteiger partial charge in [0.15, 0.2) is 4.73 Å². The van der Waals surface area contributed by atoms with Gasteiger partial charge in [-0.2, -0.15) is 0 Å². The van der Waals surface area contributed by atoms with Crippen molar-refractivity contribution in [3.8, 4) is 0 Å². The normalized spacial score (nSPS) is 14.1. The summed E-state index contributed by atoms with van der Waals surface area (Å²) in [5, 5.41) is 0. The van der Waals surface area contributed by atoms with Crippen LogP contribution in [0.3, 0.4) is 0 Å². The molecule has 110 valence electrons. The van der Waals surface area contributed by atoms with Crippen molar-refractivity contribution in [2.24, 2.45) is 7.05 Å². The van der Waals surface area contributed by atoms with E-state index in [1.807, 2.05) is 41.6 Å². The van der Waals surface area contributed by atoms with Crippen molar-refractivity contribution >= 4 is 21.8 Å². The van der Waals surface area contributed by atoms with E-state index in [2.05, 4.69) is 27.0 Å². The third-order valence-corrected chi connectivity index (χ3v) is 4.70.